The zero-order valence-electron chi connectivity index (χ0n) is 11.0. The van der Waals surface area contributed by atoms with Crippen molar-refractivity contribution in [3.8, 4) is 0 Å². The highest BCUT2D eigenvalue weighted by Gasteiger charge is 2.23. The molecule has 0 unspecified atom stereocenters. The van der Waals surface area contributed by atoms with Crippen LogP contribution >= 0.6 is 0 Å². The minimum atomic E-state index is -0.488. The molecule has 0 spiro atoms. The molecule has 1 aliphatic heterocycles. The largest absolute Gasteiger partial charge is 0.450 e. The molecule has 1 saturated heterocycles. The van der Waals surface area contributed by atoms with Gasteiger partial charge in [-0.15, -0.1) is 0 Å². The van der Waals surface area contributed by atoms with Crippen molar-refractivity contribution in [3.05, 3.63) is 0 Å². The van der Waals surface area contributed by atoms with E-state index in [1.54, 1.807) is 6.92 Å². The second kappa shape index (κ2) is 7.92. The number of hydrogen-bond acceptors (Lipinski definition) is 4. The van der Waals surface area contributed by atoms with E-state index < -0.39 is 6.09 Å². The van der Waals surface area contributed by atoms with Crippen LogP contribution in [-0.2, 0) is 14.3 Å². The molecule has 6 nitrogen and oxygen atoms in total. The predicted octanol–water partition coefficient (Wildman–Crippen LogP) is 0.806. The standard InChI is InChI=1S/C12H22N2O4/c1-3-17-12(16)13-7-6-11(15)14-9(2)10-5-4-8-18-10/h9-10H,3-8H2,1-2H3,(H,13,16)(H,14,15)/t9-,10-/m0/s1. The number of carbonyl (C=O) groups is 2. The van der Waals surface area contributed by atoms with Gasteiger partial charge in [0, 0.05) is 19.6 Å². The molecule has 0 aromatic heterocycles. The molecule has 6 heteroatoms. The molecule has 104 valence electrons. The van der Waals surface area contributed by atoms with E-state index in [4.69, 9.17) is 4.74 Å². The van der Waals surface area contributed by atoms with Crippen molar-refractivity contribution in [2.75, 3.05) is 19.8 Å². The highest BCUT2D eigenvalue weighted by molar-refractivity contribution is 5.77. The van der Waals surface area contributed by atoms with Crippen molar-refractivity contribution in [2.45, 2.75) is 45.3 Å². The summed E-state index contributed by atoms with van der Waals surface area (Å²) >= 11 is 0. The lowest BCUT2D eigenvalue weighted by Gasteiger charge is -2.19. The molecule has 1 heterocycles. The highest BCUT2D eigenvalue weighted by Crippen LogP contribution is 2.15. The van der Waals surface area contributed by atoms with Crippen LogP contribution < -0.4 is 10.6 Å². The summed E-state index contributed by atoms with van der Waals surface area (Å²) in [5.41, 5.74) is 0. The van der Waals surface area contributed by atoms with Crippen LogP contribution in [0.1, 0.15) is 33.1 Å². The van der Waals surface area contributed by atoms with E-state index in [0.29, 0.717) is 6.61 Å². The summed E-state index contributed by atoms with van der Waals surface area (Å²) in [4.78, 5) is 22.6. The summed E-state index contributed by atoms with van der Waals surface area (Å²) < 4.78 is 10.2. The van der Waals surface area contributed by atoms with Gasteiger partial charge in [-0.2, -0.15) is 0 Å². The summed E-state index contributed by atoms with van der Waals surface area (Å²) in [7, 11) is 0. The lowest BCUT2D eigenvalue weighted by Crippen LogP contribution is -2.42. The van der Waals surface area contributed by atoms with E-state index in [1.807, 2.05) is 6.92 Å². The van der Waals surface area contributed by atoms with Crippen molar-refractivity contribution in [3.63, 3.8) is 0 Å². The van der Waals surface area contributed by atoms with Gasteiger partial charge in [-0.05, 0) is 26.7 Å². The second-order valence-electron chi connectivity index (χ2n) is 4.30. The summed E-state index contributed by atoms with van der Waals surface area (Å²) in [5.74, 6) is -0.0881. The molecular formula is C12H22N2O4. The maximum atomic E-state index is 11.6. The first kappa shape index (κ1) is 14.8. The molecule has 2 amide bonds. The molecule has 2 N–H and O–H groups in total. The zero-order valence-corrected chi connectivity index (χ0v) is 11.0. The van der Waals surface area contributed by atoms with Crippen molar-refractivity contribution in [2.24, 2.45) is 0 Å². The third-order valence-electron chi connectivity index (χ3n) is 2.81. The Morgan fingerprint density at radius 2 is 2.28 bits per heavy atom. The maximum absolute atomic E-state index is 11.6. The van der Waals surface area contributed by atoms with Crippen LogP contribution in [0.3, 0.4) is 0 Å². The van der Waals surface area contributed by atoms with Crippen LogP contribution in [-0.4, -0.2) is 43.9 Å². The van der Waals surface area contributed by atoms with Gasteiger partial charge in [0.15, 0.2) is 0 Å². The van der Waals surface area contributed by atoms with Gasteiger partial charge in [-0.3, -0.25) is 4.79 Å². The number of carbonyl (C=O) groups excluding carboxylic acids is 2. The van der Waals surface area contributed by atoms with Gasteiger partial charge in [0.2, 0.25) is 5.91 Å². The van der Waals surface area contributed by atoms with E-state index in [2.05, 4.69) is 15.4 Å². The number of ether oxygens (including phenoxy) is 2. The van der Waals surface area contributed by atoms with E-state index in [0.717, 1.165) is 19.4 Å². The number of rotatable bonds is 6. The zero-order chi connectivity index (χ0) is 13.4. The van der Waals surface area contributed by atoms with Crippen molar-refractivity contribution < 1.29 is 19.1 Å². The molecule has 18 heavy (non-hydrogen) atoms. The molecule has 0 aromatic carbocycles. The van der Waals surface area contributed by atoms with Crippen molar-refractivity contribution in [1.82, 2.24) is 10.6 Å². The number of alkyl carbamates (subject to hydrolysis) is 1. The van der Waals surface area contributed by atoms with Crippen LogP contribution in [0, 0.1) is 0 Å². The quantitative estimate of drug-likeness (QED) is 0.739. The normalized spacial score (nSPS) is 20.2. The van der Waals surface area contributed by atoms with Gasteiger partial charge < -0.3 is 20.1 Å². The number of hydrogen-bond donors (Lipinski definition) is 2. The first-order valence-electron chi connectivity index (χ1n) is 6.45. The minimum Gasteiger partial charge on any atom is -0.450 e. The molecule has 0 bridgehead atoms. The fourth-order valence-corrected chi connectivity index (χ4v) is 1.88. The van der Waals surface area contributed by atoms with Gasteiger partial charge in [0.25, 0.3) is 0 Å². The Hall–Kier alpha value is -1.30. The molecule has 1 rings (SSSR count). The topological polar surface area (TPSA) is 76.7 Å². The van der Waals surface area contributed by atoms with Crippen LogP contribution in [0.5, 0.6) is 0 Å². The maximum Gasteiger partial charge on any atom is 0.407 e. The molecule has 0 aromatic rings. The van der Waals surface area contributed by atoms with Gasteiger partial charge in [-0.1, -0.05) is 0 Å². The fraction of sp³-hybridized carbons (Fsp3) is 0.833. The highest BCUT2D eigenvalue weighted by atomic mass is 16.5. The predicted molar refractivity (Wildman–Crippen MR) is 66.2 cm³/mol. The average molecular weight is 258 g/mol. The molecule has 0 radical (unpaired) electrons. The lowest BCUT2D eigenvalue weighted by molar-refractivity contribution is -0.122. The lowest BCUT2D eigenvalue weighted by atomic mass is 10.1. The van der Waals surface area contributed by atoms with E-state index in [-0.39, 0.29) is 31.0 Å². The Morgan fingerprint density at radius 3 is 2.89 bits per heavy atom. The molecule has 2 atom stereocenters. The van der Waals surface area contributed by atoms with Gasteiger partial charge in [0.05, 0.1) is 18.8 Å². The SMILES string of the molecule is CCOC(=O)NCCC(=O)N[C@@H](C)[C@@H]1CCCO1. The monoisotopic (exact) mass is 258 g/mol. The Balaban J connectivity index is 2.11. The minimum absolute atomic E-state index is 0.0163. The van der Waals surface area contributed by atoms with Crippen LogP contribution in [0.4, 0.5) is 4.79 Å². The molecule has 1 aliphatic rings. The van der Waals surface area contributed by atoms with Gasteiger partial charge >= 0.3 is 6.09 Å². The third-order valence-corrected chi connectivity index (χ3v) is 2.81. The van der Waals surface area contributed by atoms with E-state index in [1.165, 1.54) is 0 Å². The number of nitrogens with one attached hydrogen (secondary N) is 2. The Kier molecular flexibility index (Phi) is 6.49. The first-order chi connectivity index (χ1) is 8.63. The van der Waals surface area contributed by atoms with Crippen LogP contribution in [0.2, 0.25) is 0 Å². The number of amides is 2. The first-order valence-corrected chi connectivity index (χ1v) is 6.45. The molecule has 1 fully saturated rings. The average Bonchev–Trinajstić information content (AvgIpc) is 2.82. The summed E-state index contributed by atoms with van der Waals surface area (Å²) in [6.45, 7) is 5.05. The Bertz CT molecular complexity index is 277. The van der Waals surface area contributed by atoms with Crippen molar-refractivity contribution in [1.29, 1.82) is 0 Å². The smallest absolute Gasteiger partial charge is 0.407 e. The summed E-state index contributed by atoms with van der Waals surface area (Å²) in [6, 6.07) is 0.0163. The van der Waals surface area contributed by atoms with Gasteiger partial charge in [0.1, 0.15) is 0 Å². The summed E-state index contributed by atoms with van der Waals surface area (Å²) in [6.07, 6.45) is 1.91. The Labute approximate surface area is 107 Å². The van der Waals surface area contributed by atoms with E-state index in [9.17, 15) is 9.59 Å². The molecule has 0 saturated carbocycles. The molecule has 0 aliphatic carbocycles. The van der Waals surface area contributed by atoms with Crippen molar-refractivity contribution >= 4 is 12.0 Å². The van der Waals surface area contributed by atoms with Gasteiger partial charge in [-0.25, -0.2) is 4.79 Å². The third kappa shape index (κ3) is 5.35. The summed E-state index contributed by atoms with van der Waals surface area (Å²) in [5, 5.41) is 5.38. The second-order valence-corrected chi connectivity index (χ2v) is 4.30. The van der Waals surface area contributed by atoms with Crippen LogP contribution in [0.15, 0.2) is 0 Å². The molecular weight excluding hydrogens is 236 g/mol. The van der Waals surface area contributed by atoms with E-state index >= 15 is 0 Å². The Morgan fingerprint density at radius 1 is 1.50 bits per heavy atom. The van der Waals surface area contributed by atoms with Crippen LogP contribution in [0.25, 0.3) is 0 Å². The fourth-order valence-electron chi connectivity index (χ4n) is 1.88.